The van der Waals surface area contributed by atoms with E-state index in [1.54, 1.807) is 0 Å². The van der Waals surface area contributed by atoms with Crippen molar-refractivity contribution < 1.29 is 4.74 Å². The smallest absolute Gasteiger partial charge is 0.0610 e. The van der Waals surface area contributed by atoms with Crippen molar-refractivity contribution in [2.75, 3.05) is 0 Å². The lowest BCUT2D eigenvalue weighted by atomic mass is 10.1. The van der Waals surface area contributed by atoms with Crippen molar-refractivity contribution in [2.45, 2.75) is 51.7 Å². The summed E-state index contributed by atoms with van der Waals surface area (Å²) in [5, 5.41) is 0. The Morgan fingerprint density at radius 3 is 1.62 bits per heavy atom. The molecular formula is C12H22O. The fraction of sp³-hybridized carbons (Fsp3) is 0.667. The summed E-state index contributed by atoms with van der Waals surface area (Å²) in [4.78, 5) is 0. The maximum Gasteiger partial charge on any atom is 0.0610 e. The van der Waals surface area contributed by atoms with Crippen LogP contribution >= 0.6 is 0 Å². The predicted octanol–water partition coefficient (Wildman–Crippen LogP) is 3.71. The highest BCUT2D eigenvalue weighted by Crippen LogP contribution is 2.12. The molecule has 0 heterocycles. The molecule has 0 radical (unpaired) electrons. The Hall–Kier alpha value is -0.560. The van der Waals surface area contributed by atoms with E-state index in [2.05, 4.69) is 27.0 Å². The van der Waals surface area contributed by atoms with Crippen LogP contribution in [0.5, 0.6) is 0 Å². The monoisotopic (exact) mass is 182 g/mol. The molecule has 0 saturated carbocycles. The molecule has 0 fully saturated rings. The SMILES string of the molecule is C=CCC(CC)OC(CC)CC=C. The molecule has 0 spiro atoms. The van der Waals surface area contributed by atoms with E-state index in [0.29, 0.717) is 12.2 Å². The Kier molecular flexibility index (Phi) is 7.71. The van der Waals surface area contributed by atoms with Gasteiger partial charge in [0.25, 0.3) is 0 Å². The van der Waals surface area contributed by atoms with E-state index >= 15 is 0 Å². The summed E-state index contributed by atoms with van der Waals surface area (Å²) in [6, 6.07) is 0. The maximum absolute atomic E-state index is 5.89. The standard InChI is InChI=1S/C12H22O/c1-5-9-11(7-3)13-12(8-4)10-6-2/h5-6,11-12H,1-2,7-10H2,3-4H3. The van der Waals surface area contributed by atoms with Crippen molar-refractivity contribution >= 4 is 0 Å². The van der Waals surface area contributed by atoms with Crippen LogP contribution in [-0.2, 0) is 4.74 Å². The molecule has 0 saturated heterocycles. The zero-order valence-electron chi connectivity index (χ0n) is 8.96. The third kappa shape index (κ3) is 5.64. The van der Waals surface area contributed by atoms with Gasteiger partial charge in [0, 0.05) is 0 Å². The van der Waals surface area contributed by atoms with Crippen LogP contribution < -0.4 is 0 Å². The molecule has 1 heteroatoms. The Morgan fingerprint density at radius 1 is 1.00 bits per heavy atom. The van der Waals surface area contributed by atoms with E-state index in [9.17, 15) is 0 Å². The van der Waals surface area contributed by atoms with Crippen molar-refractivity contribution in [3.05, 3.63) is 25.3 Å². The molecule has 0 N–H and O–H groups in total. The van der Waals surface area contributed by atoms with Crippen molar-refractivity contribution in [1.29, 1.82) is 0 Å². The second-order valence-corrected chi connectivity index (χ2v) is 3.25. The molecule has 0 aromatic carbocycles. The molecule has 0 aromatic rings. The first-order valence-electron chi connectivity index (χ1n) is 5.15. The third-order valence-corrected chi connectivity index (χ3v) is 2.15. The highest BCUT2D eigenvalue weighted by atomic mass is 16.5. The van der Waals surface area contributed by atoms with Crippen LogP contribution in [0.2, 0.25) is 0 Å². The van der Waals surface area contributed by atoms with Crippen molar-refractivity contribution in [1.82, 2.24) is 0 Å². The fourth-order valence-electron chi connectivity index (χ4n) is 1.28. The van der Waals surface area contributed by atoms with Gasteiger partial charge in [0.05, 0.1) is 12.2 Å². The summed E-state index contributed by atoms with van der Waals surface area (Å²) < 4.78 is 5.89. The third-order valence-electron chi connectivity index (χ3n) is 2.15. The highest BCUT2D eigenvalue weighted by Gasteiger charge is 2.10. The first kappa shape index (κ1) is 12.4. The summed E-state index contributed by atoms with van der Waals surface area (Å²) in [6.07, 6.45) is 8.53. The Bertz CT molecular complexity index is 124. The van der Waals surface area contributed by atoms with Gasteiger partial charge in [-0.15, -0.1) is 13.2 Å². The first-order chi connectivity index (χ1) is 6.28. The lowest BCUT2D eigenvalue weighted by Gasteiger charge is -2.21. The molecule has 0 bridgehead atoms. The number of ether oxygens (including phenoxy) is 1. The van der Waals surface area contributed by atoms with E-state index in [4.69, 9.17) is 4.74 Å². The first-order valence-corrected chi connectivity index (χ1v) is 5.15. The van der Waals surface area contributed by atoms with Crippen molar-refractivity contribution in [3.63, 3.8) is 0 Å². The average Bonchev–Trinajstić information content (AvgIpc) is 2.16. The van der Waals surface area contributed by atoms with Gasteiger partial charge in [0.2, 0.25) is 0 Å². The number of rotatable bonds is 8. The Morgan fingerprint density at radius 2 is 1.38 bits per heavy atom. The quantitative estimate of drug-likeness (QED) is 0.520. The van der Waals surface area contributed by atoms with E-state index in [-0.39, 0.29) is 0 Å². The van der Waals surface area contributed by atoms with E-state index in [1.165, 1.54) is 0 Å². The second-order valence-electron chi connectivity index (χ2n) is 3.25. The number of hydrogen-bond donors (Lipinski definition) is 0. The van der Waals surface area contributed by atoms with Gasteiger partial charge < -0.3 is 4.74 Å². The molecule has 0 aliphatic rings. The minimum Gasteiger partial charge on any atom is -0.374 e. The molecule has 13 heavy (non-hydrogen) atoms. The summed E-state index contributed by atoms with van der Waals surface area (Å²) in [5.41, 5.74) is 0. The van der Waals surface area contributed by atoms with Gasteiger partial charge in [-0.1, -0.05) is 26.0 Å². The molecule has 0 amide bonds. The zero-order chi connectivity index (χ0) is 10.1. The van der Waals surface area contributed by atoms with Gasteiger partial charge >= 0.3 is 0 Å². The predicted molar refractivity (Wildman–Crippen MR) is 58.9 cm³/mol. The Labute approximate surface area is 82.5 Å². The van der Waals surface area contributed by atoms with Crippen LogP contribution in [0.1, 0.15) is 39.5 Å². The van der Waals surface area contributed by atoms with Crippen LogP contribution in [0.25, 0.3) is 0 Å². The zero-order valence-corrected chi connectivity index (χ0v) is 8.96. The van der Waals surface area contributed by atoms with Crippen LogP contribution in [0.4, 0.5) is 0 Å². The summed E-state index contributed by atoms with van der Waals surface area (Å²) in [5.74, 6) is 0. The average molecular weight is 182 g/mol. The van der Waals surface area contributed by atoms with Crippen LogP contribution in [0, 0.1) is 0 Å². The number of hydrogen-bond acceptors (Lipinski definition) is 1. The van der Waals surface area contributed by atoms with Gasteiger partial charge in [-0.3, -0.25) is 0 Å². The molecular weight excluding hydrogens is 160 g/mol. The molecule has 0 rings (SSSR count). The summed E-state index contributed by atoms with van der Waals surface area (Å²) in [7, 11) is 0. The molecule has 0 aromatic heterocycles. The molecule has 1 nitrogen and oxygen atoms in total. The van der Waals surface area contributed by atoms with Gasteiger partial charge in [-0.05, 0) is 25.7 Å². The second kappa shape index (κ2) is 8.06. The van der Waals surface area contributed by atoms with Crippen molar-refractivity contribution in [3.8, 4) is 0 Å². The van der Waals surface area contributed by atoms with E-state index < -0.39 is 0 Å². The minimum atomic E-state index is 0.336. The van der Waals surface area contributed by atoms with Gasteiger partial charge in [0.1, 0.15) is 0 Å². The van der Waals surface area contributed by atoms with Crippen LogP contribution in [0.3, 0.4) is 0 Å². The highest BCUT2D eigenvalue weighted by molar-refractivity contribution is 4.77. The molecule has 0 aliphatic carbocycles. The van der Waals surface area contributed by atoms with E-state index in [1.807, 2.05) is 12.2 Å². The molecule has 2 atom stereocenters. The molecule has 76 valence electrons. The van der Waals surface area contributed by atoms with Crippen LogP contribution in [0.15, 0.2) is 25.3 Å². The van der Waals surface area contributed by atoms with Gasteiger partial charge in [-0.2, -0.15) is 0 Å². The Balaban J connectivity index is 3.85. The molecule has 0 aliphatic heterocycles. The lowest BCUT2D eigenvalue weighted by molar-refractivity contribution is -0.0119. The largest absolute Gasteiger partial charge is 0.374 e. The topological polar surface area (TPSA) is 9.23 Å². The maximum atomic E-state index is 5.89. The van der Waals surface area contributed by atoms with Crippen molar-refractivity contribution in [2.24, 2.45) is 0 Å². The fourth-order valence-corrected chi connectivity index (χ4v) is 1.28. The summed E-state index contributed by atoms with van der Waals surface area (Å²) >= 11 is 0. The van der Waals surface area contributed by atoms with Gasteiger partial charge in [0.15, 0.2) is 0 Å². The molecule has 2 unspecified atom stereocenters. The summed E-state index contributed by atoms with van der Waals surface area (Å²) in [6.45, 7) is 11.7. The lowest BCUT2D eigenvalue weighted by Crippen LogP contribution is -2.20. The van der Waals surface area contributed by atoms with E-state index in [0.717, 1.165) is 25.7 Å². The minimum absolute atomic E-state index is 0.336. The van der Waals surface area contributed by atoms with Crippen LogP contribution in [-0.4, -0.2) is 12.2 Å². The van der Waals surface area contributed by atoms with Gasteiger partial charge in [-0.25, -0.2) is 0 Å². The normalized spacial score (nSPS) is 14.9.